The summed E-state index contributed by atoms with van der Waals surface area (Å²) in [6.45, 7) is 5.80. The van der Waals surface area contributed by atoms with Crippen molar-refractivity contribution < 1.29 is 4.39 Å². The van der Waals surface area contributed by atoms with Gasteiger partial charge in [0.2, 0.25) is 0 Å². The minimum atomic E-state index is -0.148. The minimum absolute atomic E-state index is 0.101. The van der Waals surface area contributed by atoms with Crippen molar-refractivity contribution in [3.8, 4) is 0 Å². The topological polar surface area (TPSA) is 26.0 Å². The molecule has 0 fully saturated rings. The maximum Gasteiger partial charge on any atom is 0.126 e. The second-order valence-electron chi connectivity index (χ2n) is 3.72. The first-order chi connectivity index (χ1) is 6.02. The zero-order valence-electron chi connectivity index (χ0n) is 8.34. The van der Waals surface area contributed by atoms with Crippen molar-refractivity contribution in [3.05, 3.63) is 35.1 Å². The molecule has 72 valence electrons. The number of hydrogen-bond donors (Lipinski definition) is 1. The minimum Gasteiger partial charge on any atom is -0.324 e. The van der Waals surface area contributed by atoms with Crippen molar-refractivity contribution >= 4 is 0 Å². The Labute approximate surface area is 78.8 Å². The molecule has 1 rings (SSSR count). The predicted octanol–water partition coefficient (Wildman–Crippen LogP) is 2.97. The largest absolute Gasteiger partial charge is 0.324 e. The molecule has 0 saturated carbocycles. The van der Waals surface area contributed by atoms with Crippen LogP contribution in [0.25, 0.3) is 0 Å². The lowest BCUT2D eigenvalue weighted by molar-refractivity contribution is 0.593. The van der Waals surface area contributed by atoms with Crippen molar-refractivity contribution in [2.75, 3.05) is 0 Å². The zero-order chi connectivity index (χ0) is 10.0. The van der Waals surface area contributed by atoms with Gasteiger partial charge in [0.05, 0.1) is 0 Å². The van der Waals surface area contributed by atoms with Crippen LogP contribution in [0.2, 0.25) is 0 Å². The monoisotopic (exact) mass is 181 g/mol. The van der Waals surface area contributed by atoms with Gasteiger partial charge in [-0.25, -0.2) is 4.39 Å². The van der Waals surface area contributed by atoms with E-state index >= 15 is 0 Å². The van der Waals surface area contributed by atoms with E-state index in [1.807, 2.05) is 32.9 Å². The van der Waals surface area contributed by atoms with E-state index in [0.717, 1.165) is 11.1 Å². The molecule has 0 aliphatic rings. The lowest BCUT2D eigenvalue weighted by Gasteiger charge is -2.10. The number of rotatable bonds is 2. The van der Waals surface area contributed by atoms with E-state index in [1.165, 1.54) is 6.07 Å². The molecule has 0 heterocycles. The van der Waals surface area contributed by atoms with Gasteiger partial charge in [0.15, 0.2) is 0 Å². The molecule has 0 aromatic heterocycles. The van der Waals surface area contributed by atoms with Crippen LogP contribution in [0.4, 0.5) is 4.39 Å². The molecule has 2 N–H and O–H groups in total. The first-order valence-electron chi connectivity index (χ1n) is 4.57. The standard InChI is InChI=1S/C11H16FN/c1-7(2)10-5-4-9(8(3)13)6-11(10)12/h4-8H,13H2,1-3H3. The van der Waals surface area contributed by atoms with Crippen molar-refractivity contribution in [1.29, 1.82) is 0 Å². The van der Waals surface area contributed by atoms with E-state index < -0.39 is 0 Å². The molecule has 0 amide bonds. The second kappa shape index (κ2) is 3.88. The molecule has 0 aliphatic heterocycles. The molecule has 1 nitrogen and oxygen atoms in total. The molecule has 1 atom stereocenters. The molecule has 1 aromatic carbocycles. The Hall–Kier alpha value is -0.890. The van der Waals surface area contributed by atoms with E-state index in [2.05, 4.69) is 0 Å². The average molecular weight is 181 g/mol. The maximum atomic E-state index is 13.4. The molecular formula is C11H16FN. The molecule has 0 spiro atoms. The van der Waals surface area contributed by atoms with Gasteiger partial charge in [0.1, 0.15) is 5.82 Å². The van der Waals surface area contributed by atoms with Crippen LogP contribution in [0.3, 0.4) is 0 Å². The molecule has 13 heavy (non-hydrogen) atoms. The first-order valence-corrected chi connectivity index (χ1v) is 4.57. The summed E-state index contributed by atoms with van der Waals surface area (Å²) >= 11 is 0. The third-order valence-electron chi connectivity index (χ3n) is 2.17. The molecule has 0 bridgehead atoms. The summed E-state index contributed by atoms with van der Waals surface area (Å²) in [7, 11) is 0. The normalized spacial score (nSPS) is 13.4. The summed E-state index contributed by atoms with van der Waals surface area (Å²) in [6, 6.07) is 5.14. The number of hydrogen-bond acceptors (Lipinski definition) is 1. The van der Waals surface area contributed by atoms with Crippen molar-refractivity contribution in [2.24, 2.45) is 5.73 Å². The van der Waals surface area contributed by atoms with Gasteiger partial charge in [-0.15, -0.1) is 0 Å². The first kappa shape index (κ1) is 10.2. The van der Waals surface area contributed by atoms with Crippen LogP contribution in [-0.4, -0.2) is 0 Å². The van der Waals surface area contributed by atoms with E-state index in [-0.39, 0.29) is 17.8 Å². The number of benzene rings is 1. The van der Waals surface area contributed by atoms with Gasteiger partial charge in [-0.2, -0.15) is 0 Å². The summed E-state index contributed by atoms with van der Waals surface area (Å²) in [5, 5.41) is 0. The number of halogens is 1. The SMILES string of the molecule is CC(C)c1ccc(C(C)N)cc1F. The Kier molecular flexibility index (Phi) is 3.04. The molecular weight excluding hydrogens is 165 g/mol. The van der Waals surface area contributed by atoms with E-state index in [4.69, 9.17) is 5.73 Å². The van der Waals surface area contributed by atoms with Crippen LogP contribution in [0.15, 0.2) is 18.2 Å². The zero-order valence-corrected chi connectivity index (χ0v) is 8.34. The summed E-state index contributed by atoms with van der Waals surface area (Å²) in [5.74, 6) is 0.0759. The Balaban J connectivity index is 3.06. The van der Waals surface area contributed by atoms with Crippen molar-refractivity contribution in [3.63, 3.8) is 0 Å². The highest BCUT2D eigenvalue weighted by Crippen LogP contribution is 2.21. The summed E-state index contributed by atoms with van der Waals surface area (Å²) in [6.07, 6.45) is 0. The third-order valence-corrected chi connectivity index (χ3v) is 2.17. The van der Waals surface area contributed by atoms with E-state index in [1.54, 1.807) is 0 Å². The quantitative estimate of drug-likeness (QED) is 0.745. The Morgan fingerprint density at radius 3 is 2.23 bits per heavy atom. The van der Waals surface area contributed by atoms with Gasteiger partial charge < -0.3 is 5.73 Å². The average Bonchev–Trinajstić information content (AvgIpc) is 2.03. The number of nitrogens with two attached hydrogens (primary N) is 1. The van der Waals surface area contributed by atoms with Gasteiger partial charge >= 0.3 is 0 Å². The summed E-state index contributed by atoms with van der Waals surface area (Å²) in [4.78, 5) is 0. The molecule has 1 aromatic rings. The third kappa shape index (κ3) is 2.28. The Morgan fingerprint density at radius 2 is 1.85 bits per heavy atom. The highest BCUT2D eigenvalue weighted by atomic mass is 19.1. The van der Waals surface area contributed by atoms with Gasteiger partial charge in [0.25, 0.3) is 0 Å². The van der Waals surface area contributed by atoms with Crippen LogP contribution in [0.1, 0.15) is 43.9 Å². The summed E-state index contributed by atoms with van der Waals surface area (Å²) in [5.41, 5.74) is 7.25. The molecule has 1 unspecified atom stereocenters. The fourth-order valence-electron chi connectivity index (χ4n) is 1.29. The summed E-state index contributed by atoms with van der Waals surface area (Å²) < 4.78 is 13.4. The second-order valence-corrected chi connectivity index (χ2v) is 3.72. The van der Waals surface area contributed by atoms with Crippen molar-refractivity contribution in [1.82, 2.24) is 0 Å². The van der Waals surface area contributed by atoms with Crippen LogP contribution >= 0.6 is 0 Å². The lowest BCUT2D eigenvalue weighted by Crippen LogP contribution is -2.06. The molecule has 2 heteroatoms. The van der Waals surface area contributed by atoms with E-state index in [9.17, 15) is 4.39 Å². The fourth-order valence-corrected chi connectivity index (χ4v) is 1.29. The Morgan fingerprint density at radius 1 is 1.23 bits per heavy atom. The highest BCUT2D eigenvalue weighted by Gasteiger charge is 2.08. The molecule has 0 saturated heterocycles. The lowest BCUT2D eigenvalue weighted by atomic mass is 9.99. The fraction of sp³-hybridized carbons (Fsp3) is 0.455. The van der Waals surface area contributed by atoms with Gasteiger partial charge in [-0.3, -0.25) is 0 Å². The van der Waals surface area contributed by atoms with Gasteiger partial charge in [0, 0.05) is 6.04 Å². The highest BCUT2D eigenvalue weighted by molar-refractivity contribution is 5.28. The predicted molar refractivity (Wildman–Crippen MR) is 53.1 cm³/mol. The van der Waals surface area contributed by atoms with Gasteiger partial charge in [-0.05, 0) is 30.0 Å². The maximum absolute atomic E-state index is 13.4. The van der Waals surface area contributed by atoms with Crippen LogP contribution in [0.5, 0.6) is 0 Å². The van der Waals surface area contributed by atoms with Crippen LogP contribution in [0, 0.1) is 5.82 Å². The van der Waals surface area contributed by atoms with Crippen molar-refractivity contribution in [2.45, 2.75) is 32.7 Å². The van der Waals surface area contributed by atoms with Gasteiger partial charge in [-0.1, -0.05) is 26.0 Å². The van der Waals surface area contributed by atoms with Crippen LogP contribution in [-0.2, 0) is 0 Å². The van der Waals surface area contributed by atoms with E-state index in [0.29, 0.717) is 0 Å². The molecule has 0 aliphatic carbocycles. The Bertz CT molecular complexity index is 292. The van der Waals surface area contributed by atoms with Crippen LogP contribution < -0.4 is 5.73 Å². The molecule has 0 radical (unpaired) electrons. The smallest absolute Gasteiger partial charge is 0.126 e.